The first-order valence-corrected chi connectivity index (χ1v) is 9.66. The first kappa shape index (κ1) is 20.3. The Labute approximate surface area is 175 Å². The molecule has 3 rings (SSSR count). The molecule has 146 valence electrons. The number of aryl methyl sites for hydroxylation is 1. The van der Waals surface area contributed by atoms with E-state index < -0.39 is 0 Å². The third kappa shape index (κ3) is 4.35. The lowest BCUT2D eigenvalue weighted by Crippen LogP contribution is -2.14. The Balaban J connectivity index is 1.93. The van der Waals surface area contributed by atoms with E-state index in [-0.39, 0.29) is 6.10 Å². The highest BCUT2D eigenvalue weighted by atomic mass is 35.5. The Morgan fingerprint density at radius 1 is 1.18 bits per heavy atom. The molecule has 0 amide bonds. The van der Waals surface area contributed by atoms with Crippen molar-refractivity contribution in [1.29, 1.82) is 0 Å². The van der Waals surface area contributed by atoms with Gasteiger partial charge in [0.1, 0.15) is 6.10 Å². The second-order valence-electron chi connectivity index (χ2n) is 6.45. The Morgan fingerprint density at radius 3 is 2.71 bits per heavy atom. The van der Waals surface area contributed by atoms with Gasteiger partial charge in [0.25, 0.3) is 0 Å². The number of nitrogen functional groups attached to an aromatic ring is 1. The molecule has 4 N–H and O–H groups in total. The van der Waals surface area contributed by atoms with Crippen molar-refractivity contribution >= 4 is 35.7 Å². The number of aromatic nitrogens is 1. The van der Waals surface area contributed by atoms with Crippen LogP contribution < -0.4 is 21.3 Å². The lowest BCUT2D eigenvalue weighted by atomic mass is 10.1. The molecule has 7 heteroatoms. The smallest absolute Gasteiger partial charge is 0.166 e. The minimum Gasteiger partial charge on any atom is -0.482 e. The maximum Gasteiger partial charge on any atom is 0.166 e. The van der Waals surface area contributed by atoms with Gasteiger partial charge in [0, 0.05) is 40.0 Å². The number of ether oxygens (including phenoxy) is 1. The number of thiol groups is 1. The lowest BCUT2D eigenvalue weighted by Gasteiger charge is -2.20. The van der Waals surface area contributed by atoms with Crippen LogP contribution in [0.1, 0.15) is 24.2 Å². The fourth-order valence-corrected chi connectivity index (χ4v) is 3.71. The summed E-state index contributed by atoms with van der Waals surface area (Å²) in [6.07, 6.45) is 1.39. The summed E-state index contributed by atoms with van der Waals surface area (Å²) in [6, 6.07) is 13.6. The molecule has 0 saturated heterocycles. The van der Waals surface area contributed by atoms with Gasteiger partial charge < -0.3 is 15.9 Å². The van der Waals surface area contributed by atoms with Crippen LogP contribution in [0.5, 0.6) is 5.75 Å². The van der Waals surface area contributed by atoms with Gasteiger partial charge in [-0.1, -0.05) is 29.8 Å². The van der Waals surface area contributed by atoms with Gasteiger partial charge in [-0.3, -0.25) is 0 Å². The predicted molar refractivity (Wildman–Crippen MR) is 119 cm³/mol. The van der Waals surface area contributed by atoms with Gasteiger partial charge in [0.2, 0.25) is 0 Å². The average molecular weight is 415 g/mol. The summed E-state index contributed by atoms with van der Waals surface area (Å²) in [7, 11) is 1.82. The summed E-state index contributed by atoms with van der Waals surface area (Å²) in [5.74, 6) is 0.826. The average Bonchev–Trinajstić information content (AvgIpc) is 2.67. The van der Waals surface area contributed by atoms with Crippen LogP contribution in [0.25, 0.3) is 11.1 Å². The molecule has 1 aromatic heterocycles. The minimum atomic E-state index is -0.337. The summed E-state index contributed by atoms with van der Waals surface area (Å²) in [4.78, 5) is 5.12. The van der Waals surface area contributed by atoms with Crippen molar-refractivity contribution in [2.45, 2.75) is 24.8 Å². The van der Waals surface area contributed by atoms with E-state index in [1.54, 1.807) is 6.20 Å². The van der Waals surface area contributed by atoms with Crippen LogP contribution in [-0.2, 0) is 0 Å². The maximum absolute atomic E-state index is 6.39. The first-order valence-electron chi connectivity index (χ1n) is 8.84. The van der Waals surface area contributed by atoms with Gasteiger partial charge in [-0.15, -0.1) is 12.6 Å². The summed E-state index contributed by atoms with van der Waals surface area (Å²) in [6.45, 7) is 3.90. The van der Waals surface area contributed by atoms with Crippen molar-refractivity contribution in [3.05, 3.63) is 64.8 Å². The normalized spacial score (nSPS) is 11.9. The fourth-order valence-electron chi connectivity index (χ4n) is 2.96. The predicted octanol–water partition coefficient (Wildman–Crippen LogP) is 5.27. The van der Waals surface area contributed by atoms with E-state index in [1.807, 2.05) is 63.4 Å². The minimum absolute atomic E-state index is 0.324. The van der Waals surface area contributed by atoms with E-state index >= 15 is 0 Å². The van der Waals surface area contributed by atoms with Crippen LogP contribution >= 0.6 is 24.2 Å². The highest BCUT2D eigenvalue weighted by Gasteiger charge is 2.18. The van der Waals surface area contributed by atoms with Crippen LogP contribution in [0.2, 0.25) is 5.02 Å². The van der Waals surface area contributed by atoms with Crippen LogP contribution in [0, 0.1) is 6.92 Å². The monoisotopic (exact) mass is 414 g/mol. The molecule has 0 aliphatic rings. The topological polar surface area (TPSA) is 72.2 Å². The Hall–Kier alpha value is -2.41. The van der Waals surface area contributed by atoms with Crippen LogP contribution in [-0.4, -0.2) is 12.0 Å². The van der Waals surface area contributed by atoms with Crippen molar-refractivity contribution in [1.82, 2.24) is 10.4 Å². The van der Waals surface area contributed by atoms with Crippen LogP contribution in [0.4, 0.5) is 11.5 Å². The summed E-state index contributed by atoms with van der Waals surface area (Å²) < 4.78 is 6.14. The van der Waals surface area contributed by atoms with Crippen molar-refractivity contribution in [2.24, 2.45) is 0 Å². The number of hydrazine groups is 1. The standard InChI is InChI=1S/C21H23ClN4OS/c1-12-7-8-17(22)19(20(12)28)13(2)27-18-10-15(11-25-21(18)23)14-5-4-6-16(9-14)26-24-3/h4-11,13,24,26,28H,1-3H3,(H2,23,25). The molecule has 3 aromatic rings. The quantitative estimate of drug-likeness (QED) is 0.327. The summed E-state index contributed by atoms with van der Waals surface area (Å²) in [5, 5.41) is 0.608. The molecular weight excluding hydrogens is 392 g/mol. The van der Waals surface area contributed by atoms with Crippen molar-refractivity contribution in [2.75, 3.05) is 18.2 Å². The number of benzene rings is 2. The van der Waals surface area contributed by atoms with Gasteiger partial charge >= 0.3 is 0 Å². The second kappa shape index (κ2) is 8.73. The van der Waals surface area contributed by atoms with Gasteiger partial charge in [-0.25, -0.2) is 10.4 Å². The number of nitrogens with two attached hydrogens (primary N) is 1. The molecule has 1 unspecified atom stereocenters. The van der Waals surface area contributed by atoms with Gasteiger partial charge in [0.05, 0.1) is 0 Å². The molecule has 0 fully saturated rings. The second-order valence-corrected chi connectivity index (χ2v) is 7.30. The Bertz CT molecular complexity index is 996. The van der Waals surface area contributed by atoms with Crippen molar-refractivity contribution < 1.29 is 4.74 Å². The highest BCUT2D eigenvalue weighted by molar-refractivity contribution is 7.80. The number of halogens is 1. The molecule has 5 nitrogen and oxygen atoms in total. The third-order valence-electron chi connectivity index (χ3n) is 4.42. The number of anilines is 2. The van der Waals surface area contributed by atoms with Crippen LogP contribution in [0.15, 0.2) is 53.6 Å². The van der Waals surface area contributed by atoms with Crippen LogP contribution in [0.3, 0.4) is 0 Å². The molecule has 0 bridgehead atoms. The van der Waals surface area contributed by atoms with Crippen molar-refractivity contribution in [3.8, 4) is 16.9 Å². The number of nitrogens with one attached hydrogen (secondary N) is 2. The highest BCUT2D eigenvalue weighted by Crippen LogP contribution is 2.36. The van der Waals surface area contributed by atoms with E-state index in [1.165, 1.54) is 0 Å². The number of hydrogen-bond donors (Lipinski definition) is 4. The molecule has 2 aromatic carbocycles. The molecule has 1 heterocycles. The number of hydrogen-bond acceptors (Lipinski definition) is 6. The molecule has 0 radical (unpaired) electrons. The lowest BCUT2D eigenvalue weighted by molar-refractivity contribution is 0.225. The largest absolute Gasteiger partial charge is 0.482 e. The zero-order chi connectivity index (χ0) is 20.3. The molecular formula is C21H23ClN4OS. The molecule has 28 heavy (non-hydrogen) atoms. The third-order valence-corrected chi connectivity index (χ3v) is 5.35. The maximum atomic E-state index is 6.39. The zero-order valence-electron chi connectivity index (χ0n) is 16.0. The number of pyridine rings is 1. The van der Waals surface area contributed by atoms with E-state index in [0.29, 0.717) is 16.6 Å². The van der Waals surface area contributed by atoms with E-state index in [0.717, 1.165) is 32.8 Å². The number of rotatable bonds is 6. The number of nitrogens with zero attached hydrogens (tertiary/aromatic N) is 1. The first-order chi connectivity index (χ1) is 13.4. The molecule has 0 aliphatic carbocycles. The molecule has 1 atom stereocenters. The van der Waals surface area contributed by atoms with Gasteiger partial charge in [0.15, 0.2) is 11.6 Å². The summed E-state index contributed by atoms with van der Waals surface area (Å²) in [5.41, 5.74) is 16.7. The van der Waals surface area contributed by atoms with Crippen molar-refractivity contribution in [3.63, 3.8) is 0 Å². The Kier molecular flexibility index (Phi) is 6.34. The van der Waals surface area contributed by atoms with E-state index in [2.05, 4.69) is 28.5 Å². The molecule has 0 spiro atoms. The molecule has 0 saturated carbocycles. The molecule has 0 aliphatic heterocycles. The van der Waals surface area contributed by atoms with Gasteiger partial charge in [-0.2, -0.15) is 0 Å². The fraction of sp³-hybridized carbons (Fsp3) is 0.190. The van der Waals surface area contributed by atoms with Gasteiger partial charge in [-0.05, 0) is 49.2 Å². The zero-order valence-corrected chi connectivity index (χ0v) is 17.6. The SMILES string of the molecule is CNNc1cccc(-c2cnc(N)c(OC(C)c3c(Cl)ccc(C)c3S)c2)c1. The van der Waals surface area contributed by atoms with E-state index in [9.17, 15) is 0 Å². The summed E-state index contributed by atoms with van der Waals surface area (Å²) >= 11 is 11.0. The van der Waals surface area contributed by atoms with E-state index in [4.69, 9.17) is 22.1 Å². The Morgan fingerprint density at radius 2 is 1.96 bits per heavy atom.